The molecule has 0 aromatic rings. The quantitative estimate of drug-likeness (QED) is 0.434. The summed E-state index contributed by atoms with van der Waals surface area (Å²) < 4.78 is 3.56. The summed E-state index contributed by atoms with van der Waals surface area (Å²) in [6, 6.07) is 0. The molecule has 0 saturated carbocycles. The van der Waals surface area contributed by atoms with Crippen molar-refractivity contribution in [3.8, 4) is 0 Å². The molecule has 0 aromatic carbocycles. The number of rotatable bonds is 2. The van der Waals surface area contributed by atoms with Gasteiger partial charge in [-0.05, 0) is 9.03 Å². The van der Waals surface area contributed by atoms with Gasteiger partial charge in [-0.1, -0.05) is 9.39 Å². The maximum atomic E-state index is 7.25. The summed E-state index contributed by atoms with van der Waals surface area (Å²) in [5.41, 5.74) is 0. The molecule has 0 radical (unpaired) electrons. The van der Waals surface area contributed by atoms with E-state index in [1.807, 2.05) is 28.2 Å². The van der Waals surface area contributed by atoms with Crippen molar-refractivity contribution in [3.05, 3.63) is 0 Å². The monoisotopic (exact) mass is 241 g/mol. The Bertz CT molecular complexity index is 139. The van der Waals surface area contributed by atoms with Crippen LogP contribution in [0.15, 0.2) is 4.52 Å². The average molecular weight is 241 g/mol. The second-order valence-electron chi connectivity index (χ2n) is 2.48. The Labute approximate surface area is 86.6 Å². The van der Waals surface area contributed by atoms with Crippen LogP contribution in [-0.2, 0) is 0 Å². The molecule has 0 aliphatic carbocycles. The maximum Gasteiger partial charge on any atom is 0.192 e. The van der Waals surface area contributed by atoms with Crippen molar-refractivity contribution in [2.24, 2.45) is 4.52 Å². The van der Waals surface area contributed by atoms with E-state index in [9.17, 15) is 0 Å². The maximum absolute atomic E-state index is 7.25. The normalized spacial score (nSPS) is 9.00. The summed E-state index contributed by atoms with van der Waals surface area (Å²) in [6.45, 7) is 0. The first kappa shape index (κ1) is 15.7. The first-order valence-electron chi connectivity index (χ1n) is 3.47. The Morgan fingerprint density at radius 2 is 1.77 bits per heavy atom. The molecule has 13 heavy (non-hydrogen) atoms. The third-order valence-electron chi connectivity index (χ3n) is 0.968. The summed E-state index contributed by atoms with van der Waals surface area (Å²) in [5, 5.41) is 7.25. The van der Waals surface area contributed by atoms with Gasteiger partial charge in [0, 0.05) is 28.2 Å². The zero-order valence-corrected chi connectivity index (χ0v) is 11.6. The summed E-state index contributed by atoms with van der Waals surface area (Å²) >= 11 is 0. The highest BCUT2D eigenvalue weighted by Gasteiger charge is 1.97. The van der Waals surface area contributed by atoms with Gasteiger partial charge >= 0.3 is 0 Å². The Hall–Kier alpha value is 0.190. The van der Waals surface area contributed by atoms with E-state index in [2.05, 4.69) is 27.8 Å². The molecule has 0 rings (SSSR count). The largest absolute Gasteiger partial charge is 0.349 e. The Kier molecular flexibility index (Phi) is 12.4. The fourth-order valence-corrected chi connectivity index (χ4v) is 1.27. The third kappa shape index (κ3) is 12.2. The number of hydrogen-bond donors (Lipinski definition) is 2. The van der Waals surface area contributed by atoms with Gasteiger partial charge in [0.25, 0.3) is 0 Å². The molecule has 78 valence electrons. The molecule has 0 aliphatic rings. The lowest BCUT2D eigenvalue weighted by molar-refractivity contribution is 0.478. The van der Waals surface area contributed by atoms with E-state index in [4.69, 9.17) is 5.41 Å². The molecule has 0 fully saturated rings. The van der Waals surface area contributed by atoms with Crippen LogP contribution in [0.4, 0.5) is 0 Å². The van der Waals surface area contributed by atoms with Crippen LogP contribution < -0.4 is 4.86 Å². The zero-order chi connectivity index (χ0) is 10.9. The van der Waals surface area contributed by atoms with Crippen molar-refractivity contribution in [2.75, 3.05) is 28.2 Å². The van der Waals surface area contributed by atoms with Crippen molar-refractivity contribution in [1.82, 2.24) is 14.7 Å². The van der Waals surface area contributed by atoms with Crippen LogP contribution in [0.3, 0.4) is 0 Å². The highest BCUT2D eigenvalue weighted by molar-refractivity contribution is 7.46. The zero-order valence-electron chi connectivity index (χ0n) is 8.42. The summed E-state index contributed by atoms with van der Waals surface area (Å²) in [4.78, 5) is 6.25. The van der Waals surface area contributed by atoms with Crippen molar-refractivity contribution in [3.63, 3.8) is 0 Å². The van der Waals surface area contributed by atoms with Gasteiger partial charge in [-0.25, -0.2) is 4.52 Å². The second kappa shape index (κ2) is 10.3. The van der Waals surface area contributed by atoms with E-state index in [-0.39, 0.29) is 0 Å². The number of guanidine groups is 1. The summed E-state index contributed by atoms with van der Waals surface area (Å²) in [5.74, 6) is 0.519. The highest BCUT2D eigenvalue weighted by atomic mass is 31.1. The topological polar surface area (TPSA) is 54.7 Å². The fraction of sp³-hybridized carbons (Fsp3) is 0.800. The second-order valence-corrected chi connectivity index (χ2v) is 4.75. The Morgan fingerprint density at radius 1 is 1.38 bits per heavy atom. The minimum Gasteiger partial charge on any atom is -0.349 e. The van der Waals surface area contributed by atoms with E-state index in [0.717, 1.165) is 0 Å². The van der Waals surface area contributed by atoms with Crippen LogP contribution in [-0.4, -0.2) is 44.0 Å². The van der Waals surface area contributed by atoms with E-state index >= 15 is 0 Å². The third-order valence-corrected chi connectivity index (χ3v) is 1.93. The average Bonchev–Trinajstić information content (AvgIpc) is 2.05. The van der Waals surface area contributed by atoms with Crippen LogP contribution in [0.1, 0.15) is 0 Å². The number of hydrogen-bond acceptors (Lipinski definition) is 3. The van der Waals surface area contributed by atoms with Crippen molar-refractivity contribution in [2.45, 2.75) is 0 Å². The standard InChI is InChI=1S/C5H13N3.H5N2P3/c1-7(2)5(6)8(3)4;3-1-5-2-4/h6H,1-4H3;1,4-5H,3H2. The van der Waals surface area contributed by atoms with Gasteiger partial charge in [-0.2, -0.15) is 0 Å². The molecule has 0 aliphatic heterocycles. The van der Waals surface area contributed by atoms with Crippen LogP contribution >= 0.6 is 27.3 Å². The SMILES string of the molecule is CN(C)C(=N)N(C)C.P=NPNP. The Balaban J connectivity index is 0. The lowest BCUT2D eigenvalue weighted by Gasteiger charge is -2.19. The molecule has 0 heterocycles. The molecule has 0 amide bonds. The molecular weight excluding hydrogens is 223 g/mol. The molecule has 0 saturated heterocycles. The Morgan fingerprint density at radius 3 is 1.77 bits per heavy atom. The van der Waals surface area contributed by atoms with Crippen molar-refractivity contribution in [1.29, 1.82) is 5.41 Å². The minimum absolute atomic E-state index is 0.449. The molecular formula is C5H18N5P3. The van der Waals surface area contributed by atoms with E-state index < -0.39 is 0 Å². The first-order valence-corrected chi connectivity index (χ1v) is 5.44. The number of nitrogens with one attached hydrogen (secondary N) is 2. The van der Waals surface area contributed by atoms with E-state index in [1.54, 1.807) is 9.80 Å². The number of nitrogens with zero attached hydrogens (tertiary/aromatic N) is 3. The van der Waals surface area contributed by atoms with Crippen LogP contribution in [0.25, 0.3) is 0 Å². The molecule has 0 spiro atoms. The van der Waals surface area contributed by atoms with Crippen LogP contribution in [0, 0.1) is 5.41 Å². The smallest absolute Gasteiger partial charge is 0.192 e. The minimum atomic E-state index is 0.449. The van der Waals surface area contributed by atoms with Crippen molar-refractivity contribution >= 4 is 33.3 Å². The van der Waals surface area contributed by atoms with Crippen LogP contribution in [0.2, 0.25) is 0 Å². The molecule has 0 bridgehead atoms. The summed E-state index contributed by atoms with van der Waals surface area (Å²) in [6.07, 6.45) is 0. The molecule has 5 nitrogen and oxygen atoms in total. The molecule has 2 atom stereocenters. The van der Waals surface area contributed by atoms with Gasteiger partial charge in [-0.15, -0.1) is 0 Å². The van der Waals surface area contributed by atoms with Gasteiger partial charge in [0.1, 0.15) is 0 Å². The molecule has 0 aromatic heterocycles. The lowest BCUT2D eigenvalue weighted by atomic mass is 10.7. The molecule has 8 heteroatoms. The molecule has 2 unspecified atom stereocenters. The van der Waals surface area contributed by atoms with Crippen molar-refractivity contribution < 1.29 is 0 Å². The predicted molar refractivity (Wildman–Crippen MR) is 67.0 cm³/mol. The van der Waals surface area contributed by atoms with Gasteiger partial charge in [0.15, 0.2) is 5.96 Å². The van der Waals surface area contributed by atoms with Gasteiger partial charge in [0.05, 0.1) is 8.88 Å². The summed E-state index contributed by atoms with van der Waals surface area (Å²) in [7, 11) is 13.1. The highest BCUT2D eigenvalue weighted by Crippen LogP contribution is 2.06. The predicted octanol–water partition coefficient (Wildman–Crippen LogP) is 1.25. The van der Waals surface area contributed by atoms with Gasteiger partial charge in [-0.3, -0.25) is 10.3 Å². The first-order chi connectivity index (χ1) is 5.97. The van der Waals surface area contributed by atoms with Gasteiger partial charge < -0.3 is 9.80 Å². The van der Waals surface area contributed by atoms with Crippen LogP contribution in [0.5, 0.6) is 0 Å². The van der Waals surface area contributed by atoms with E-state index in [1.165, 1.54) is 0 Å². The fourth-order valence-electron chi connectivity index (χ4n) is 0.432. The van der Waals surface area contributed by atoms with Gasteiger partial charge in [0.2, 0.25) is 0 Å². The lowest BCUT2D eigenvalue weighted by Crippen LogP contribution is -2.34. The van der Waals surface area contributed by atoms with E-state index in [0.29, 0.717) is 14.8 Å². The molecule has 2 N–H and O–H groups in total.